The maximum atomic E-state index is 10.5. The molecule has 1 rings (SSSR count). The highest BCUT2D eigenvalue weighted by atomic mass is 35.5. The SMILES string of the molecule is CCOc1cc(C=NNC(N)=O)cc(Cl)c1OC(C)C. The van der Waals surface area contributed by atoms with Crippen LogP contribution in [0.1, 0.15) is 26.3 Å². The van der Waals surface area contributed by atoms with Crippen LogP contribution in [0.2, 0.25) is 5.02 Å². The average molecular weight is 300 g/mol. The number of urea groups is 1. The standard InChI is InChI=1S/C13H18ClN3O3/c1-4-19-11-6-9(7-16-17-13(15)18)5-10(14)12(11)20-8(2)3/h5-8H,4H2,1-3H3,(H3,15,17,18). The number of halogens is 1. The number of nitrogens with one attached hydrogen (secondary N) is 1. The van der Waals surface area contributed by atoms with E-state index in [-0.39, 0.29) is 6.10 Å². The highest BCUT2D eigenvalue weighted by molar-refractivity contribution is 6.32. The lowest BCUT2D eigenvalue weighted by atomic mass is 10.2. The molecule has 0 aliphatic carbocycles. The number of hydrogen-bond donors (Lipinski definition) is 2. The van der Waals surface area contributed by atoms with Crippen molar-refractivity contribution in [2.75, 3.05) is 6.61 Å². The van der Waals surface area contributed by atoms with E-state index >= 15 is 0 Å². The van der Waals surface area contributed by atoms with Gasteiger partial charge in [0.1, 0.15) is 0 Å². The number of carbonyl (C=O) groups excluding carboxylic acids is 1. The minimum Gasteiger partial charge on any atom is -0.490 e. The minimum atomic E-state index is -0.739. The first kappa shape index (κ1) is 16.1. The molecule has 0 saturated carbocycles. The van der Waals surface area contributed by atoms with E-state index in [0.717, 1.165) is 0 Å². The van der Waals surface area contributed by atoms with Gasteiger partial charge in [-0.3, -0.25) is 0 Å². The molecular formula is C13H18ClN3O3. The Balaban J connectivity index is 3.05. The number of primary amides is 1. The van der Waals surface area contributed by atoms with Crippen LogP contribution in [0.4, 0.5) is 4.79 Å². The predicted octanol–water partition coefficient (Wildman–Crippen LogP) is 2.53. The summed E-state index contributed by atoms with van der Waals surface area (Å²) in [5.74, 6) is 1.01. The molecule has 2 amide bonds. The molecule has 6 nitrogen and oxygen atoms in total. The zero-order chi connectivity index (χ0) is 15.1. The first-order valence-corrected chi connectivity index (χ1v) is 6.53. The second kappa shape index (κ2) is 7.59. The van der Waals surface area contributed by atoms with E-state index < -0.39 is 6.03 Å². The van der Waals surface area contributed by atoms with Gasteiger partial charge in [-0.05, 0) is 38.5 Å². The largest absolute Gasteiger partial charge is 0.490 e. The number of carbonyl (C=O) groups is 1. The number of amides is 2. The van der Waals surface area contributed by atoms with Crippen molar-refractivity contribution in [3.05, 3.63) is 22.7 Å². The van der Waals surface area contributed by atoms with Crippen LogP contribution in [0.5, 0.6) is 11.5 Å². The third kappa shape index (κ3) is 4.97. The van der Waals surface area contributed by atoms with Gasteiger partial charge in [-0.25, -0.2) is 10.2 Å². The third-order valence-corrected chi connectivity index (χ3v) is 2.35. The smallest absolute Gasteiger partial charge is 0.332 e. The first-order chi connectivity index (χ1) is 9.43. The number of hydrogen-bond acceptors (Lipinski definition) is 4. The van der Waals surface area contributed by atoms with Gasteiger partial charge in [0, 0.05) is 0 Å². The van der Waals surface area contributed by atoms with Crippen LogP contribution in [0.25, 0.3) is 0 Å². The highest BCUT2D eigenvalue weighted by Gasteiger charge is 2.13. The van der Waals surface area contributed by atoms with Crippen molar-refractivity contribution in [3.63, 3.8) is 0 Å². The van der Waals surface area contributed by atoms with Crippen molar-refractivity contribution in [2.45, 2.75) is 26.9 Å². The van der Waals surface area contributed by atoms with E-state index in [1.54, 1.807) is 12.1 Å². The van der Waals surface area contributed by atoms with E-state index in [1.165, 1.54) is 6.21 Å². The Kier molecular flexibility index (Phi) is 6.11. The Bertz CT molecular complexity index is 504. The molecule has 7 heteroatoms. The lowest BCUT2D eigenvalue weighted by Crippen LogP contribution is -2.24. The van der Waals surface area contributed by atoms with E-state index in [4.69, 9.17) is 26.8 Å². The van der Waals surface area contributed by atoms with Gasteiger partial charge in [-0.15, -0.1) is 0 Å². The number of hydrazone groups is 1. The summed E-state index contributed by atoms with van der Waals surface area (Å²) in [6, 6.07) is 2.64. The fourth-order valence-corrected chi connectivity index (χ4v) is 1.71. The Morgan fingerprint density at radius 1 is 1.55 bits per heavy atom. The molecule has 0 aliphatic heterocycles. The molecule has 1 aromatic carbocycles. The van der Waals surface area contributed by atoms with Gasteiger partial charge >= 0.3 is 6.03 Å². The lowest BCUT2D eigenvalue weighted by molar-refractivity contribution is 0.224. The third-order valence-electron chi connectivity index (χ3n) is 2.07. The molecule has 0 saturated heterocycles. The van der Waals surface area contributed by atoms with Gasteiger partial charge in [0.2, 0.25) is 0 Å². The van der Waals surface area contributed by atoms with Gasteiger partial charge < -0.3 is 15.2 Å². The molecule has 3 N–H and O–H groups in total. The van der Waals surface area contributed by atoms with E-state index in [1.807, 2.05) is 20.8 Å². The highest BCUT2D eigenvalue weighted by Crippen LogP contribution is 2.37. The summed E-state index contributed by atoms with van der Waals surface area (Å²) in [7, 11) is 0. The van der Waals surface area contributed by atoms with Crippen LogP contribution in [0, 0.1) is 0 Å². The van der Waals surface area contributed by atoms with Crippen LogP contribution in [0.3, 0.4) is 0 Å². The Morgan fingerprint density at radius 2 is 2.25 bits per heavy atom. The van der Waals surface area contributed by atoms with Crippen molar-refractivity contribution in [3.8, 4) is 11.5 Å². The second-order valence-electron chi connectivity index (χ2n) is 4.16. The molecule has 0 aliphatic rings. The number of ether oxygens (including phenoxy) is 2. The van der Waals surface area contributed by atoms with Crippen LogP contribution < -0.4 is 20.6 Å². The van der Waals surface area contributed by atoms with Gasteiger partial charge in [0.15, 0.2) is 11.5 Å². The van der Waals surface area contributed by atoms with Gasteiger partial charge in [0.25, 0.3) is 0 Å². The van der Waals surface area contributed by atoms with E-state index in [0.29, 0.717) is 28.7 Å². The van der Waals surface area contributed by atoms with Crippen molar-refractivity contribution in [1.82, 2.24) is 5.43 Å². The molecule has 0 radical (unpaired) electrons. The fourth-order valence-electron chi connectivity index (χ4n) is 1.45. The molecule has 0 unspecified atom stereocenters. The molecule has 0 bridgehead atoms. The molecule has 0 aromatic heterocycles. The van der Waals surface area contributed by atoms with Crippen molar-refractivity contribution < 1.29 is 14.3 Å². The second-order valence-corrected chi connectivity index (χ2v) is 4.57. The quantitative estimate of drug-likeness (QED) is 0.625. The minimum absolute atomic E-state index is 0.0252. The summed E-state index contributed by atoms with van der Waals surface area (Å²) in [6.45, 7) is 6.14. The van der Waals surface area contributed by atoms with Gasteiger partial charge in [-0.2, -0.15) is 5.10 Å². The molecule has 20 heavy (non-hydrogen) atoms. The molecule has 0 atom stereocenters. The Morgan fingerprint density at radius 3 is 2.80 bits per heavy atom. The van der Waals surface area contributed by atoms with Crippen LogP contribution in [-0.4, -0.2) is 25.0 Å². The maximum Gasteiger partial charge on any atom is 0.332 e. The average Bonchev–Trinajstić information content (AvgIpc) is 2.33. The molecule has 0 heterocycles. The summed E-state index contributed by atoms with van der Waals surface area (Å²) < 4.78 is 11.1. The normalized spacial score (nSPS) is 10.8. The summed E-state index contributed by atoms with van der Waals surface area (Å²) in [6.07, 6.45) is 1.39. The first-order valence-electron chi connectivity index (χ1n) is 6.15. The zero-order valence-electron chi connectivity index (χ0n) is 11.6. The Labute approximate surface area is 122 Å². The van der Waals surface area contributed by atoms with Gasteiger partial charge in [0.05, 0.1) is 23.9 Å². The summed E-state index contributed by atoms with van der Waals surface area (Å²) in [5, 5.41) is 4.08. The summed E-state index contributed by atoms with van der Waals surface area (Å²) in [4.78, 5) is 10.5. The van der Waals surface area contributed by atoms with Crippen molar-refractivity contribution >= 4 is 23.8 Å². The van der Waals surface area contributed by atoms with E-state index in [9.17, 15) is 4.79 Å². The fraction of sp³-hybridized carbons (Fsp3) is 0.385. The monoisotopic (exact) mass is 299 g/mol. The number of rotatable bonds is 6. The predicted molar refractivity (Wildman–Crippen MR) is 78.7 cm³/mol. The summed E-state index contributed by atoms with van der Waals surface area (Å²) in [5.41, 5.74) is 7.67. The molecule has 110 valence electrons. The number of nitrogens with two attached hydrogens (primary N) is 1. The van der Waals surface area contributed by atoms with Crippen LogP contribution >= 0.6 is 11.6 Å². The molecule has 1 aromatic rings. The summed E-state index contributed by atoms with van der Waals surface area (Å²) >= 11 is 6.18. The van der Waals surface area contributed by atoms with Crippen LogP contribution in [0.15, 0.2) is 17.2 Å². The molecular weight excluding hydrogens is 282 g/mol. The maximum absolute atomic E-state index is 10.5. The molecule has 0 fully saturated rings. The number of nitrogens with zero attached hydrogens (tertiary/aromatic N) is 1. The lowest BCUT2D eigenvalue weighted by Gasteiger charge is -2.16. The van der Waals surface area contributed by atoms with Gasteiger partial charge in [-0.1, -0.05) is 11.6 Å². The van der Waals surface area contributed by atoms with Crippen molar-refractivity contribution in [1.29, 1.82) is 0 Å². The number of benzene rings is 1. The van der Waals surface area contributed by atoms with Crippen molar-refractivity contribution in [2.24, 2.45) is 10.8 Å². The zero-order valence-corrected chi connectivity index (χ0v) is 12.4. The van der Waals surface area contributed by atoms with E-state index in [2.05, 4.69) is 10.5 Å². The topological polar surface area (TPSA) is 85.9 Å². The van der Waals surface area contributed by atoms with Crippen LogP contribution in [-0.2, 0) is 0 Å². The molecule has 0 spiro atoms. The Hall–Kier alpha value is -1.95.